The van der Waals surface area contributed by atoms with Crippen molar-refractivity contribution in [2.24, 2.45) is 0 Å². The number of ether oxygens (including phenoxy) is 1. The van der Waals surface area contributed by atoms with Gasteiger partial charge in [-0.15, -0.1) is 0 Å². The zero-order valence-corrected chi connectivity index (χ0v) is 8.88. The molecule has 0 aromatic rings. The third kappa shape index (κ3) is 2.85. The summed E-state index contributed by atoms with van der Waals surface area (Å²) in [6.07, 6.45) is -4.94. The first-order valence-corrected chi connectivity index (χ1v) is 4.87. The van der Waals surface area contributed by atoms with Crippen LogP contribution in [0.15, 0.2) is 0 Å². The monoisotopic (exact) mass is 241 g/mol. The zero-order chi connectivity index (χ0) is 12.4. The third-order valence-electron chi connectivity index (χ3n) is 2.71. The van der Waals surface area contributed by atoms with Gasteiger partial charge in [-0.3, -0.25) is 9.69 Å². The van der Waals surface area contributed by atoms with Gasteiger partial charge in [0.25, 0.3) is 0 Å². The molecule has 0 aliphatic carbocycles. The Morgan fingerprint density at radius 2 is 2.19 bits per heavy atom. The average Bonchev–Trinajstić information content (AvgIpc) is 2.57. The Hall–Kier alpha value is -0.820. The maximum atomic E-state index is 12.4. The molecule has 1 rings (SSSR count). The van der Waals surface area contributed by atoms with Crippen LogP contribution in [0.1, 0.15) is 12.8 Å². The second kappa shape index (κ2) is 4.58. The van der Waals surface area contributed by atoms with Gasteiger partial charge in [0, 0.05) is 19.6 Å². The quantitative estimate of drug-likeness (QED) is 0.733. The van der Waals surface area contributed by atoms with Crippen molar-refractivity contribution in [3.05, 3.63) is 0 Å². The summed E-state index contributed by atoms with van der Waals surface area (Å²) in [5.74, 6) is -0.470. The molecular formula is C9H14F3NO3. The van der Waals surface area contributed by atoms with Crippen LogP contribution in [0, 0.1) is 0 Å². The lowest BCUT2D eigenvalue weighted by molar-refractivity contribution is -0.253. The van der Waals surface area contributed by atoms with Gasteiger partial charge < -0.3 is 9.84 Å². The number of nitrogens with zero attached hydrogens (tertiary/aromatic N) is 1. The average molecular weight is 241 g/mol. The van der Waals surface area contributed by atoms with Crippen molar-refractivity contribution in [2.45, 2.75) is 24.6 Å². The van der Waals surface area contributed by atoms with Gasteiger partial charge in [-0.1, -0.05) is 0 Å². The number of carbonyl (C=O) groups excluding carboxylic acids is 1. The number of carbonyl (C=O) groups is 1. The molecule has 1 fully saturated rings. The molecule has 1 saturated heterocycles. The molecule has 1 unspecified atom stereocenters. The number of hydrogen-bond acceptors (Lipinski definition) is 4. The fourth-order valence-corrected chi connectivity index (χ4v) is 1.64. The van der Waals surface area contributed by atoms with Crippen LogP contribution in [-0.2, 0) is 9.53 Å². The van der Waals surface area contributed by atoms with Gasteiger partial charge in [-0.25, -0.2) is 0 Å². The van der Waals surface area contributed by atoms with Gasteiger partial charge >= 0.3 is 12.1 Å². The first-order chi connectivity index (χ1) is 7.28. The SMILES string of the molecule is COC(=O)CCN1CCC(O)(C(F)(F)F)C1. The summed E-state index contributed by atoms with van der Waals surface area (Å²) >= 11 is 0. The lowest BCUT2D eigenvalue weighted by Gasteiger charge is -2.25. The van der Waals surface area contributed by atoms with Crippen LogP contribution in [0.5, 0.6) is 0 Å². The summed E-state index contributed by atoms with van der Waals surface area (Å²) < 4.78 is 41.6. The highest BCUT2D eigenvalue weighted by Crippen LogP contribution is 2.37. The molecule has 0 radical (unpaired) electrons. The topological polar surface area (TPSA) is 49.8 Å². The van der Waals surface area contributed by atoms with Crippen molar-refractivity contribution in [1.82, 2.24) is 4.90 Å². The molecule has 94 valence electrons. The number of β-amino-alcohol motifs (C(OH)–C–C–N with tert-alkyl or cyclic N) is 1. The van der Waals surface area contributed by atoms with E-state index in [2.05, 4.69) is 4.74 Å². The van der Waals surface area contributed by atoms with Gasteiger partial charge in [0.05, 0.1) is 13.5 Å². The molecule has 1 aliphatic heterocycles. The van der Waals surface area contributed by atoms with Crippen LogP contribution in [0.3, 0.4) is 0 Å². The Labute approximate surface area is 91.0 Å². The van der Waals surface area contributed by atoms with E-state index < -0.39 is 24.3 Å². The number of esters is 1. The molecule has 0 spiro atoms. The van der Waals surface area contributed by atoms with Crippen molar-refractivity contribution in [1.29, 1.82) is 0 Å². The van der Waals surface area contributed by atoms with Crippen molar-refractivity contribution in [3.8, 4) is 0 Å². The molecule has 7 heteroatoms. The fourth-order valence-electron chi connectivity index (χ4n) is 1.64. The molecule has 0 aromatic heterocycles. The fraction of sp³-hybridized carbons (Fsp3) is 0.889. The maximum Gasteiger partial charge on any atom is 0.418 e. The molecule has 1 heterocycles. The highest BCUT2D eigenvalue weighted by molar-refractivity contribution is 5.69. The first kappa shape index (κ1) is 13.2. The van der Waals surface area contributed by atoms with Crippen LogP contribution in [0.2, 0.25) is 0 Å². The standard InChI is InChI=1S/C9H14F3NO3/c1-16-7(14)2-4-13-5-3-8(15,6-13)9(10,11)12/h15H,2-6H2,1H3. The van der Waals surface area contributed by atoms with E-state index in [1.54, 1.807) is 0 Å². The lowest BCUT2D eigenvalue weighted by Crippen LogP contribution is -2.47. The minimum Gasteiger partial charge on any atom is -0.469 e. The predicted octanol–water partition coefficient (Wildman–Crippen LogP) is 0.549. The van der Waals surface area contributed by atoms with E-state index >= 15 is 0 Å². The molecule has 1 aliphatic rings. The molecule has 16 heavy (non-hydrogen) atoms. The minimum absolute atomic E-state index is 0.0322. The van der Waals surface area contributed by atoms with E-state index in [1.807, 2.05) is 0 Å². The normalized spacial score (nSPS) is 27.1. The largest absolute Gasteiger partial charge is 0.469 e. The molecule has 1 N–H and O–H groups in total. The van der Waals surface area contributed by atoms with Gasteiger partial charge in [-0.05, 0) is 6.42 Å². The molecule has 4 nitrogen and oxygen atoms in total. The van der Waals surface area contributed by atoms with Crippen LogP contribution in [0.4, 0.5) is 13.2 Å². The molecular weight excluding hydrogens is 227 g/mol. The van der Waals surface area contributed by atoms with Gasteiger partial charge in [0.15, 0.2) is 5.60 Å². The van der Waals surface area contributed by atoms with E-state index in [9.17, 15) is 23.1 Å². The molecule has 0 saturated carbocycles. The number of aliphatic hydroxyl groups is 1. The van der Waals surface area contributed by atoms with E-state index in [0.717, 1.165) is 0 Å². The highest BCUT2D eigenvalue weighted by atomic mass is 19.4. The minimum atomic E-state index is -4.62. The molecule has 1 atom stereocenters. The number of methoxy groups -OCH3 is 1. The van der Waals surface area contributed by atoms with Crippen LogP contribution in [0.25, 0.3) is 0 Å². The van der Waals surface area contributed by atoms with Gasteiger partial charge in [0.1, 0.15) is 0 Å². The number of rotatable bonds is 3. The summed E-state index contributed by atoms with van der Waals surface area (Å²) in [4.78, 5) is 12.2. The van der Waals surface area contributed by atoms with Crippen molar-refractivity contribution >= 4 is 5.97 Å². The Bertz CT molecular complexity index is 269. The summed E-state index contributed by atoms with van der Waals surface area (Å²) in [6.45, 7) is -0.175. The Morgan fingerprint density at radius 1 is 1.56 bits per heavy atom. The number of halogens is 3. The second-order valence-corrected chi connectivity index (χ2v) is 3.88. The van der Waals surface area contributed by atoms with Gasteiger partial charge in [-0.2, -0.15) is 13.2 Å². The molecule has 0 bridgehead atoms. The molecule has 0 amide bonds. The van der Waals surface area contributed by atoms with E-state index in [-0.39, 0.29) is 25.9 Å². The van der Waals surface area contributed by atoms with Crippen molar-refractivity contribution < 1.29 is 27.8 Å². The summed E-state index contributed by atoms with van der Waals surface area (Å²) in [5.41, 5.74) is -2.64. The summed E-state index contributed by atoms with van der Waals surface area (Å²) in [7, 11) is 1.22. The van der Waals surface area contributed by atoms with E-state index in [1.165, 1.54) is 12.0 Å². The third-order valence-corrected chi connectivity index (χ3v) is 2.71. The number of likely N-dealkylation sites (tertiary alicyclic amines) is 1. The number of alkyl halides is 3. The second-order valence-electron chi connectivity index (χ2n) is 3.88. The van der Waals surface area contributed by atoms with Crippen LogP contribution >= 0.6 is 0 Å². The Morgan fingerprint density at radius 3 is 2.62 bits per heavy atom. The maximum absolute atomic E-state index is 12.4. The number of hydrogen-bond donors (Lipinski definition) is 1. The highest BCUT2D eigenvalue weighted by Gasteiger charge is 2.56. The van der Waals surface area contributed by atoms with Crippen LogP contribution < -0.4 is 0 Å². The Kier molecular flexibility index (Phi) is 3.80. The van der Waals surface area contributed by atoms with Gasteiger partial charge in [0.2, 0.25) is 0 Å². The van der Waals surface area contributed by atoms with E-state index in [0.29, 0.717) is 0 Å². The predicted molar refractivity (Wildman–Crippen MR) is 48.7 cm³/mol. The van der Waals surface area contributed by atoms with E-state index in [4.69, 9.17) is 0 Å². The zero-order valence-electron chi connectivity index (χ0n) is 8.88. The van der Waals surface area contributed by atoms with Crippen LogP contribution in [-0.4, -0.2) is 54.5 Å². The summed E-state index contributed by atoms with van der Waals surface area (Å²) in [6, 6.07) is 0. The molecule has 0 aromatic carbocycles. The Balaban J connectivity index is 2.44. The smallest absolute Gasteiger partial charge is 0.418 e. The lowest BCUT2D eigenvalue weighted by atomic mass is 10.0. The first-order valence-electron chi connectivity index (χ1n) is 4.87. The summed E-state index contributed by atoms with van der Waals surface area (Å²) in [5, 5.41) is 9.34. The van der Waals surface area contributed by atoms with Crippen molar-refractivity contribution in [2.75, 3.05) is 26.7 Å². The van der Waals surface area contributed by atoms with Crippen molar-refractivity contribution in [3.63, 3.8) is 0 Å².